The first-order chi connectivity index (χ1) is 16.4. The summed E-state index contributed by atoms with van der Waals surface area (Å²) in [6, 6.07) is 10.9. The third-order valence-corrected chi connectivity index (χ3v) is 5.34. The fraction of sp³-hybridized carbons (Fsp3) is 0.400. The van der Waals surface area contributed by atoms with E-state index in [0.717, 1.165) is 5.56 Å². The van der Waals surface area contributed by atoms with Crippen molar-refractivity contribution in [3.05, 3.63) is 42.0 Å². The zero-order valence-corrected chi connectivity index (χ0v) is 20.1. The van der Waals surface area contributed by atoms with E-state index in [1.165, 1.54) is 0 Å². The Balaban J connectivity index is 1.72. The van der Waals surface area contributed by atoms with Crippen LogP contribution >= 0.6 is 0 Å². The molecule has 0 unspecified atom stereocenters. The predicted molar refractivity (Wildman–Crippen MR) is 133 cm³/mol. The van der Waals surface area contributed by atoms with Crippen LogP contribution in [0.2, 0.25) is 0 Å². The van der Waals surface area contributed by atoms with Crippen molar-refractivity contribution < 1.29 is 19.0 Å². The lowest BCUT2D eigenvalue weighted by molar-refractivity contribution is 0.122. The highest BCUT2D eigenvalue weighted by Crippen LogP contribution is 2.35. The van der Waals surface area contributed by atoms with Crippen molar-refractivity contribution in [1.82, 2.24) is 9.97 Å². The number of methoxy groups -OCH3 is 1. The van der Waals surface area contributed by atoms with Crippen LogP contribution < -0.4 is 25.0 Å². The lowest BCUT2D eigenvalue weighted by Crippen LogP contribution is -2.37. The second kappa shape index (κ2) is 10.6. The van der Waals surface area contributed by atoms with E-state index >= 15 is 0 Å². The monoisotopic (exact) mass is 465 g/mol. The van der Waals surface area contributed by atoms with Crippen LogP contribution in [0.5, 0.6) is 11.5 Å². The summed E-state index contributed by atoms with van der Waals surface area (Å²) < 4.78 is 17.0. The molecule has 0 spiro atoms. The maximum absolute atomic E-state index is 12.9. The van der Waals surface area contributed by atoms with E-state index in [2.05, 4.69) is 24.5 Å². The number of morpholine rings is 1. The number of carbonyl (C=O) groups excluding carboxylic acids is 1. The fourth-order valence-corrected chi connectivity index (χ4v) is 3.65. The van der Waals surface area contributed by atoms with Crippen LogP contribution in [0.4, 0.5) is 22.2 Å². The van der Waals surface area contributed by atoms with Gasteiger partial charge in [0.15, 0.2) is 11.5 Å². The summed E-state index contributed by atoms with van der Waals surface area (Å²) in [5, 5.41) is 6.44. The van der Waals surface area contributed by atoms with Gasteiger partial charge in [0.25, 0.3) is 0 Å². The average molecular weight is 466 g/mol. The summed E-state index contributed by atoms with van der Waals surface area (Å²) >= 11 is 0. The van der Waals surface area contributed by atoms with Gasteiger partial charge in [-0.25, -0.2) is 9.78 Å². The summed E-state index contributed by atoms with van der Waals surface area (Å²) in [4.78, 5) is 24.4. The molecular weight excluding hydrogens is 434 g/mol. The summed E-state index contributed by atoms with van der Waals surface area (Å²) in [6.07, 6.45) is 0. The Labute approximate surface area is 199 Å². The molecule has 9 nitrogen and oxygen atoms in total. The smallest absolute Gasteiger partial charge is 0.324 e. The molecule has 0 radical (unpaired) electrons. The Morgan fingerprint density at radius 3 is 2.62 bits per heavy atom. The molecule has 2 aromatic carbocycles. The van der Waals surface area contributed by atoms with Crippen molar-refractivity contribution >= 4 is 34.4 Å². The van der Waals surface area contributed by atoms with Gasteiger partial charge in [0.2, 0.25) is 5.95 Å². The van der Waals surface area contributed by atoms with Crippen LogP contribution in [0.15, 0.2) is 36.4 Å². The molecule has 4 rings (SSSR count). The van der Waals surface area contributed by atoms with Gasteiger partial charge in [-0.3, -0.25) is 5.32 Å². The van der Waals surface area contributed by atoms with Crippen molar-refractivity contribution in [2.45, 2.75) is 20.8 Å². The van der Waals surface area contributed by atoms with Gasteiger partial charge < -0.3 is 24.4 Å². The lowest BCUT2D eigenvalue weighted by atomic mass is 10.2. The number of urea groups is 1. The summed E-state index contributed by atoms with van der Waals surface area (Å²) in [6.45, 7) is 9.21. The van der Waals surface area contributed by atoms with Gasteiger partial charge in [0.1, 0.15) is 5.82 Å². The normalized spacial score (nSPS) is 13.7. The van der Waals surface area contributed by atoms with Crippen molar-refractivity contribution in [1.29, 1.82) is 0 Å². The molecule has 0 bridgehead atoms. The minimum absolute atomic E-state index is 0.345. The molecule has 1 aliphatic heterocycles. The Bertz CT molecular complexity index is 1160. The summed E-state index contributed by atoms with van der Waals surface area (Å²) in [5.41, 5.74) is 2.40. The minimum atomic E-state index is -0.390. The summed E-state index contributed by atoms with van der Waals surface area (Å²) in [5.74, 6) is 2.43. The van der Waals surface area contributed by atoms with Gasteiger partial charge >= 0.3 is 6.03 Å². The first kappa shape index (κ1) is 23.6. The maximum atomic E-state index is 12.9. The topological polar surface area (TPSA) is 97.8 Å². The molecule has 2 amide bonds. The van der Waals surface area contributed by atoms with Crippen LogP contribution in [0, 0.1) is 12.8 Å². The molecular formula is C25H31N5O4. The van der Waals surface area contributed by atoms with Crippen LogP contribution in [0.1, 0.15) is 19.4 Å². The van der Waals surface area contributed by atoms with E-state index in [1.54, 1.807) is 7.11 Å². The third kappa shape index (κ3) is 5.66. The largest absolute Gasteiger partial charge is 0.493 e. The number of aromatic nitrogens is 2. The van der Waals surface area contributed by atoms with E-state index in [1.807, 2.05) is 48.2 Å². The molecule has 2 N–H and O–H groups in total. The molecule has 3 aromatic rings. The van der Waals surface area contributed by atoms with Crippen LogP contribution in [0.3, 0.4) is 0 Å². The van der Waals surface area contributed by atoms with E-state index < -0.39 is 0 Å². The van der Waals surface area contributed by atoms with Gasteiger partial charge in [-0.2, -0.15) is 4.98 Å². The first-order valence-electron chi connectivity index (χ1n) is 11.4. The van der Waals surface area contributed by atoms with Crippen molar-refractivity contribution in [3.63, 3.8) is 0 Å². The molecule has 0 aliphatic carbocycles. The Hall–Kier alpha value is -3.59. The second-order valence-corrected chi connectivity index (χ2v) is 8.65. The molecule has 1 fully saturated rings. The van der Waals surface area contributed by atoms with Crippen molar-refractivity contribution in [2.24, 2.45) is 5.92 Å². The zero-order chi connectivity index (χ0) is 24.1. The van der Waals surface area contributed by atoms with E-state index in [0.29, 0.717) is 78.7 Å². The zero-order valence-electron chi connectivity index (χ0n) is 20.1. The molecule has 1 aliphatic rings. The van der Waals surface area contributed by atoms with Gasteiger partial charge in [-0.15, -0.1) is 0 Å². The molecule has 2 heterocycles. The Morgan fingerprint density at radius 2 is 1.91 bits per heavy atom. The van der Waals surface area contributed by atoms with Gasteiger partial charge in [-0.1, -0.05) is 26.0 Å². The standard InChI is InChI=1S/C25H31N5O4/c1-16(2)15-34-22-13-19-20(14-21(22)32-4)27-24(30-8-10-33-11-9-30)28-23(19)29-25(31)26-18-7-5-6-17(3)12-18/h5-7,12-14,16H,8-11,15H2,1-4H3,(H2,26,27,28,29,31). The predicted octanol–water partition coefficient (Wildman–Crippen LogP) is 4.46. The van der Waals surface area contributed by atoms with Gasteiger partial charge in [0, 0.05) is 30.2 Å². The van der Waals surface area contributed by atoms with Crippen LogP contribution in [-0.4, -0.2) is 56.0 Å². The maximum Gasteiger partial charge on any atom is 0.324 e. The number of rotatable bonds is 7. The molecule has 0 saturated carbocycles. The number of aryl methyl sites for hydroxylation is 1. The highest BCUT2D eigenvalue weighted by atomic mass is 16.5. The van der Waals surface area contributed by atoms with Gasteiger partial charge in [0.05, 0.1) is 32.4 Å². The van der Waals surface area contributed by atoms with Crippen LogP contribution in [0.25, 0.3) is 10.9 Å². The van der Waals surface area contributed by atoms with Gasteiger partial charge in [-0.05, 0) is 36.6 Å². The SMILES string of the molecule is COc1cc2nc(N3CCOCC3)nc(NC(=O)Nc3cccc(C)c3)c2cc1OCC(C)C. The third-order valence-electron chi connectivity index (χ3n) is 5.34. The number of anilines is 3. The quantitative estimate of drug-likeness (QED) is 0.532. The Morgan fingerprint density at radius 1 is 1.12 bits per heavy atom. The van der Waals surface area contributed by atoms with Crippen molar-refractivity contribution in [2.75, 3.05) is 55.6 Å². The van der Waals surface area contributed by atoms with Crippen LogP contribution in [-0.2, 0) is 4.74 Å². The minimum Gasteiger partial charge on any atom is -0.493 e. The molecule has 1 saturated heterocycles. The number of fused-ring (bicyclic) bond motifs is 1. The number of hydrogen-bond donors (Lipinski definition) is 2. The number of benzene rings is 2. The highest BCUT2D eigenvalue weighted by molar-refractivity contribution is 6.05. The number of carbonyl (C=O) groups is 1. The molecule has 34 heavy (non-hydrogen) atoms. The first-order valence-corrected chi connectivity index (χ1v) is 11.4. The molecule has 0 atom stereocenters. The average Bonchev–Trinajstić information content (AvgIpc) is 2.82. The number of nitrogens with zero attached hydrogens (tertiary/aromatic N) is 3. The number of hydrogen-bond acceptors (Lipinski definition) is 7. The number of amides is 2. The van der Waals surface area contributed by atoms with Crippen molar-refractivity contribution in [3.8, 4) is 11.5 Å². The lowest BCUT2D eigenvalue weighted by Gasteiger charge is -2.27. The number of ether oxygens (including phenoxy) is 3. The molecule has 9 heteroatoms. The molecule has 1 aromatic heterocycles. The Kier molecular flexibility index (Phi) is 7.32. The number of nitrogens with one attached hydrogen (secondary N) is 2. The fourth-order valence-electron chi connectivity index (χ4n) is 3.65. The van der Waals surface area contributed by atoms with E-state index in [-0.39, 0.29) is 6.03 Å². The van der Waals surface area contributed by atoms with E-state index in [4.69, 9.17) is 24.2 Å². The summed E-state index contributed by atoms with van der Waals surface area (Å²) in [7, 11) is 1.60. The molecule has 180 valence electrons. The second-order valence-electron chi connectivity index (χ2n) is 8.65. The highest BCUT2D eigenvalue weighted by Gasteiger charge is 2.20. The van der Waals surface area contributed by atoms with E-state index in [9.17, 15) is 4.79 Å².